The highest BCUT2D eigenvalue weighted by Gasteiger charge is 2.12. The van der Waals surface area contributed by atoms with E-state index >= 15 is 0 Å². The van der Waals surface area contributed by atoms with E-state index in [0.29, 0.717) is 21.8 Å². The van der Waals surface area contributed by atoms with Crippen molar-refractivity contribution in [3.63, 3.8) is 0 Å². The van der Waals surface area contributed by atoms with Crippen molar-refractivity contribution in [3.8, 4) is 6.07 Å². The van der Waals surface area contributed by atoms with Crippen LogP contribution in [0.4, 0.5) is 11.4 Å². The zero-order chi connectivity index (χ0) is 19.1. The van der Waals surface area contributed by atoms with Crippen molar-refractivity contribution in [1.29, 1.82) is 5.26 Å². The van der Waals surface area contributed by atoms with Crippen molar-refractivity contribution in [2.75, 3.05) is 5.32 Å². The molecule has 6 nitrogen and oxygen atoms in total. The number of amides is 1. The maximum Gasteiger partial charge on any atom is 0.276 e. The lowest BCUT2D eigenvalue weighted by molar-refractivity contribution is -0.385. The van der Waals surface area contributed by atoms with E-state index in [1.54, 1.807) is 43.3 Å². The maximum absolute atomic E-state index is 12.2. The van der Waals surface area contributed by atoms with Gasteiger partial charge in [0, 0.05) is 16.8 Å². The monoisotopic (exact) mass is 367 g/mol. The van der Waals surface area contributed by atoms with Gasteiger partial charge in [-0.05, 0) is 42.8 Å². The van der Waals surface area contributed by atoms with Crippen LogP contribution >= 0.6 is 11.6 Å². The van der Waals surface area contributed by atoms with Crippen molar-refractivity contribution in [1.82, 2.24) is 0 Å². The van der Waals surface area contributed by atoms with Gasteiger partial charge in [0.15, 0.2) is 0 Å². The van der Waals surface area contributed by atoms with E-state index in [1.165, 1.54) is 24.3 Å². The summed E-state index contributed by atoms with van der Waals surface area (Å²) in [5.74, 6) is -0.593. The summed E-state index contributed by atoms with van der Waals surface area (Å²) < 4.78 is 0. The molecule has 0 radical (unpaired) electrons. The fraction of sp³-hybridized carbons (Fsp3) is 0.0526. The van der Waals surface area contributed by atoms with E-state index in [2.05, 4.69) is 5.32 Å². The number of anilines is 1. The minimum absolute atomic E-state index is 0.0605. The number of para-hydroxylation sites is 1. The molecule has 0 fully saturated rings. The second kappa shape index (κ2) is 8.60. The molecule has 0 bridgehead atoms. The number of hydrogen-bond donors (Lipinski definition) is 1. The normalized spacial score (nSPS) is 11.2. The van der Waals surface area contributed by atoms with Gasteiger partial charge >= 0.3 is 0 Å². The van der Waals surface area contributed by atoms with Crippen molar-refractivity contribution in [3.05, 3.63) is 86.5 Å². The summed E-state index contributed by atoms with van der Waals surface area (Å²) in [6, 6.07) is 13.1. The predicted molar refractivity (Wildman–Crippen MR) is 101 cm³/mol. The minimum atomic E-state index is -0.593. The quantitative estimate of drug-likeness (QED) is 0.273. The summed E-state index contributed by atoms with van der Waals surface area (Å²) in [5.41, 5.74) is 1.37. The fourth-order valence-corrected chi connectivity index (χ4v) is 2.31. The van der Waals surface area contributed by atoms with Gasteiger partial charge in [-0.2, -0.15) is 5.26 Å². The van der Waals surface area contributed by atoms with Crippen LogP contribution in [0.2, 0.25) is 5.02 Å². The molecule has 130 valence electrons. The SMILES string of the molecule is Cc1c(Cl)cccc1NC(=O)/C(C#N)=C/C=C/c1ccccc1[N+](=O)[O-]. The average molecular weight is 368 g/mol. The molecule has 2 rings (SSSR count). The third-order valence-electron chi connectivity index (χ3n) is 3.55. The van der Waals surface area contributed by atoms with Crippen molar-refractivity contribution < 1.29 is 9.72 Å². The summed E-state index contributed by atoms with van der Waals surface area (Å²) in [6.45, 7) is 1.75. The molecule has 0 heterocycles. The van der Waals surface area contributed by atoms with Gasteiger partial charge in [-0.25, -0.2) is 0 Å². The zero-order valence-electron chi connectivity index (χ0n) is 13.8. The highest BCUT2D eigenvalue weighted by atomic mass is 35.5. The highest BCUT2D eigenvalue weighted by Crippen LogP contribution is 2.23. The largest absolute Gasteiger partial charge is 0.321 e. The number of hydrogen-bond acceptors (Lipinski definition) is 4. The molecule has 26 heavy (non-hydrogen) atoms. The molecule has 2 aromatic carbocycles. The first-order chi connectivity index (χ1) is 12.4. The molecule has 0 spiro atoms. The second-order valence-electron chi connectivity index (χ2n) is 5.23. The van der Waals surface area contributed by atoms with E-state index < -0.39 is 10.8 Å². The lowest BCUT2D eigenvalue weighted by atomic mass is 10.1. The molecule has 0 atom stereocenters. The molecule has 0 aromatic heterocycles. The van der Waals surface area contributed by atoms with Gasteiger partial charge in [-0.15, -0.1) is 0 Å². The van der Waals surface area contributed by atoms with Crippen LogP contribution in [0.3, 0.4) is 0 Å². The van der Waals surface area contributed by atoms with Gasteiger partial charge in [0.2, 0.25) is 0 Å². The van der Waals surface area contributed by atoms with Crippen molar-refractivity contribution >= 4 is 35.0 Å². The molecular weight excluding hydrogens is 354 g/mol. The summed E-state index contributed by atoms with van der Waals surface area (Å²) in [7, 11) is 0. The van der Waals surface area contributed by atoms with Crippen LogP contribution in [0.15, 0.2) is 60.2 Å². The van der Waals surface area contributed by atoms with E-state index in [-0.39, 0.29) is 11.3 Å². The Morgan fingerprint density at radius 2 is 2.00 bits per heavy atom. The third kappa shape index (κ3) is 4.56. The van der Waals surface area contributed by atoms with E-state index in [0.717, 1.165) is 0 Å². The average Bonchev–Trinajstić information content (AvgIpc) is 2.62. The van der Waals surface area contributed by atoms with Gasteiger partial charge in [0.25, 0.3) is 11.6 Å². The van der Waals surface area contributed by atoms with Crippen molar-refractivity contribution in [2.24, 2.45) is 0 Å². The van der Waals surface area contributed by atoms with Crippen LogP contribution in [0.25, 0.3) is 6.08 Å². The number of nitrogens with zero attached hydrogens (tertiary/aromatic N) is 2. The summed E-state index contributed by atoms with van der Waals surface area (Å²) >= 11 is 6.01. The summed E-state index contributed by atoms with van der Waals surface area (Å²) in [6.07, 6.45) is 4.19. The number of benzene rings is 2. The number of halogens is 1. The fourth-order valence-electron chi connectivity index (χ4n) is 2.14. The number of nitriles is 1. The standard InChI is InChI=1S/C19H14ClN3O3/c1-13-16(20)9-5-10-17(13)22-19(24)15(12-21)8-4-7-14-6-2-3-11-18(14)23(25)26/h2-11H,1H3,(H,22,24)/b7-4+,15-8+. The third-order valence-corrected chi connectivity index (χ3v) is 3.96. The van der Waals surface area contributed by atoms with Crippen LogP contribution in [0, 0.1) is 28.4 Å². The lowest BCUT2D eigenvalue weighted by Crippen LogP contribution is -2.14. The Morgan fingerprint density at radius 1 is 1.27 bits per heavy atom. The molecule has 0 unspecified atom stereocenters. The van der Waals surface area contributed by atoms with Crippen LogP contribution in [-0.4, -0.2) is 10.8 Å². The number of nitro benzene ring substituents is 1. The number of rotatable bonds is 5. The van der Waals surface area contributed by atoms with Crippen LogP contribution in [0.1, 0.15) is 11.1 Å². The predicted octanol–water partition coefficient (Wildman–Crippen LogP) is 4.66. The van der Waals surface area contributed by atoms with E-state index in [4.69, 9.17) is 11.6 Å². The molecule has 0 aliphatic heterocycles. The van der Waals surface area contributed by atoms with Crippen molar-refractivity contribution in [2.45, 2.75) is 6.92 Å². The summed E-state index contributed by atoms with van der Waals surface area (Å²) in [5, 5.41) is 23.3. The molecule has 7 heteroatoms. The Kier molecular flexibility index (Phi) is 6.25. The first-order valence-electron chi connectivity index (χ1n) is 7.52. The van der Waals surface area contributed by atoms with Gasteiger partial charge < -0.3 is 5.32 Å². The minimum Gasteiger partial charge on any atom is -0.321 e. The smallest absolute Gasteiger partial charge is 0.276 e. The van der Waals surface area contributed by atoms with Crippen LogP contribution in [-0.2, 0) is 4.79 Å². The Hall–Kier alpha value is -3.43. The van der Waals surface area contributed by atoms with Gasteiger partial charge in [0.05, 0.1) is 10.5 Å². The van der Waals surface area contributed by atoms with E-state index in [1.807, 2.05) is 6.07 Å². The van der Waals surface area contributed by atoms with E-state index in [9.17, 15) is 20.2 Å². The topological polar surface area (TPSA) is 96.0 Å². The highest BCUT2D eigenvalue weighted by molar-refractivity contribution is 6.31. The molecule has 1 amide bonds. The number of allylic oxidation sites excluding steroid dienone is 2. The first kappa shape index (κ1) is 18.9. The molecule has 0 aliphatic rings. The summed E-state index contributed by atoms with van der Waals surface area (Å²) in [4.78, 5) is 22.7. The number of carbonyl (C=O) groups excluding carboxylic acids is 1. The molecule has 0 saturated carbocycles. The Bertz CT molecular complexity index is 959. The first-order valence-corrected chi connectivity index (χ1v) is 7.90. The molecule has 2 aromatic rings. The zero-order valence-corrected chi connectivity index (χ0v) is 14.5. The van der Waals surface area contributed by atoms with Crippen LogP contribution < -0.4 is 5.32 Å². The molecular formula is C19H14ClN3O3. The molecule has 1 N–H and O–H groups in total. The number of nitro groups is 1. The Balaban J connectivity index is 2.20. The van der Waals surface area contributed by atoms with Gasteiger partial charge in [0.1, 0.15) is 11.6 Å². The van der Waals surface area contributed by atoms with Crippen LogP contribution in [0.5, 0.6) is 0 Å². The maximum atomic E-state index is 12.2. The number of carbonyl (C=O) groups is 1. The molecule has 0 saturated heterocycles. The lowest BCUT2D eigenvalue weighted by Gasteiger charge is -2.08. The Labute approximate surface area is 155 Å². The van der Waals surface area contributed by atoms with Gasteiger partial charge in [-0.1, -0.05) is 35.9 Å². The number of nitrogens with one attached hydrogen (secondary N) is 1. The second-order valence-corrected chi connectivity index (χ2v) is 5.64. The molecule has 0 aliphatic carbocycles. The Morgan fingerprint density at radius 3 is 2.69 bits per heavy atom. The van der Waals surface area contributed by atoms with Gasteiger partial charge in [-0.3, -0.25) is 14.9 Å².